The second-order valence-electron chi connectivity index (χ2n) is 4.41. The maximum Gasteiger partial charge on any atom is 0.307 e. The molecule has 2 aliphatic carbocycles. The summed E-state index contributed by atoms with van der Waals surface area (Å²) in [6.45, 7) is 0.206. The number of rotatable bonds is 1. The molecule has 16 heavy (non-hydrogen) atoms. The standard InChI is InChI=1S/C11H10F2O3/c12-5-1-2-6(13)10-9(5)7-4(3-16-10)8(7)11(14)15/h1-2,4,6-8,10H,3H2,(H,14,15)/t4-,6?,7+,8-,10?/m1/s1. The van der Waals surface area contributed by atoms with Crippen LogP contribution in [-0.2, 0) is 9.53 Å². The van der Waals surface area contributed by atoms with Crippen LogP contribution >= 0.6 is 0 Å². The molecule has 1 aliphatic heterocycles. The molecule has 0 amide bonds. The minimum Gasteiger partial charge on any atom is -0.481 e. The first kappa shape index (κ1) is 9.96. The Morgan fingerprint density at radius 3 is 3.00 bits per heavy atom. The number of alkyl halides is 1. The van der Waals surface area contributed by atoms with Gasteiger partial charge in [-0.2, -0.15) is 0 Å². The highest BCUT2D eigenvalue weighted by Gasteiger charge is 2.62. The molecule has 1 saturated heterocycles. The Bertz CT molecular complexity index is 415. The summed E-state index contributed by atoms with van der Waals surface area (Å²) >= 11 is 0. The molecule has 0 aromatic carbocycles. The molecular weight excluding hydrogens is 218 g/mol. The fourth-order valence-electron chi connectivity index (χ4n) is 2.77. The lowest BCUT2D eigenvalue weighted by Crippen LogP contribution is -2.34. The normalized spacial score (nSPS) is 45.0. The summed E-state index contributed by atoms with van der Waals surface area (Å²) in [5.74, 6) is -2.65. The van der Waals surface area contributed by atoms with E-state index in [-0.39, 0.29) is 24.0 Å². The quantitative estimate of drug-likeness (QED) is 0.739. The fraction of sp³-hybridized carbons (Fsp3) is 0.545. The summed E-state index contributed by atoms with van der Waals surface area (Å²) < 4.78 is 32.2. The summed E-state index contributed by atoms with van der Waals surface area (Å²) in [6.07, 6.45) is -0.109. The molecule has 86 valence electrons. The molecule has 3 rings (SSSR count). The minimum absolute atomic E-state index is 0.187. The Labute approximate surface area is 90.4 Å². The molecule has 1 heterocycles. The molecule has 1 saturated carbocycles. The monoisotopic (exact) mass is 228 g/mol. The third kappa shape index (κ3) is 1.18. The van der Waals surface area contributed by atoms with Gasteiger partial charge in [-0.25, -0.2) is 8.78 Å². The number of carboxylic acid groups (broad SMARTS) is 1. The first-order valence-electron chi connectivity index (χ1n) is 5.17. The maximum atomic E-state index is 13.6. The van der Waals surface area contributed by atoms with Gasteiger partial charge < -0.3 is 9.84 Å². The zero-order valence-corrected chi connectivity index (χ0v) is 8.27. The van der Waals surface area contributed by atoms with Gasteiger partial charge in [-0.1, -0.05) is 0 Å². The van der Waals surface area contributed by atoms with Gasteiger partial charge in [0.25, 0.3) is 0 Å². The average Bonchev–Trinajstić information content (AvgIpc) is 2.97. The van der Waals surface area contributed by atoms with Gasteiger partial charge in [-0.3, -0.25) is 4.79 Å². The van der Waals surface area contributed by atoms with E-state index in [9.17, 15) is 13.6 Å². The SMILES string of the molecule is O=C(O)[C@@H]1[C@@H]2COC3C(=C(F)C=CC3F)[C@@H]21. The van der Waals surface area contributed by atoms with Gasteiger partial charge in [-0.15, -0.1) is 0 Å². The molecule has 3 nitrogen and oxygen atoms in total. The maximum absolute atomic E-state index is 13.6. The van der Waals surface area contributed by atoms with Crippen molar-refractivity contribution in [3.05, 3.63) is 23.6 Å². The second-order valence-corrected chi connectivity index (χ2v) is 4.41. The van der Waals surface area contributed by atoms with Crippen LogP contribution in [0.1, 0.15) is 0 Å². The third-order valence-corrected chi connectivity index (χ3v) is 3.58. The highest BCUT2D eigenvalue weighted by Crippen LogP contribution is 2.57. The first-order valence-corrected chi connectivity index (χ1v) is 5.17. The Balaban J connectivity index is 1.97. The molecule has 2 fully saturated rings. The van der Waals surface area contributed by atoms with Crippen LogP contribution in [0.5, 0.6) is 0 Å². The van der Waals surface area contributed by atoms with Crippen LogP contribution < -0.4 is 0 Å². The number of ether oxygens (including phenoxy) is 1. The lowest BCUT2D eigenvalue weighted by atomic mass is 9.92. The van der Waals surface area contributed by atoms with Gasteiger partial charge in [0.1, 0.15) is 18.1 Å². The number of carbonyl (C=O) groups is 1. The summed E-state index contributed by atoms with van der Waals surface area (Å²) in [5, 5.41) is 8.91. The minimum atomic E-state index is -1.37. The number of hydrogen-bond donors (Lipinski definition) is 1. The summed E-state index contributed by atoms with van der Waals surface area (Å²) in [7, 11) is 0. The Kier molecular flexibility index (Phi) is 1.95. The lowest BCUT2D eigenvalue weighted by Gasteiger charge is -2.29. The molecule has 0 spiro atoms. The van der Waals surface area contributed by atoms with E-state index >= 15 is 0 Å². The van der Waals surface area contributed by atoms with E-state index in [1.807, 2.05) is 0 Å². The highest BCUT2D eigenvalue weighted by atomic mass is 19.1. The van der Waals surface area contributed by atoms with E-state index in [0.717, 1.165) is 12.2 Å². The van der Waals surface area contributed by atoms with Crippen molar-refractivity contribution in [1.29, 1.82) is 0 Å². The lowest BCUT2D eigenvalue weighted by molar-refractivity contribution is -0.139. The van der Waals surface area contributed by atoms with Crippen molar-refractivity contribution < 1.29 is 23.4 Å². The number of carboxylic acids is 1. The number of hydrogen-bond acceptors (Lipinski definition) is 2. The van der Waals surface area contributed by atoms with Crippen LogP contribution in [0.4, 0.5) is 8.78 Å². The van der Waals surface area contributed by atoms with Gasteiger partial charge in [0.05, 0.1) is 12.5 Å². The molecule has 3 aliphatic rings. The van der Waals surface area contributed by atoms with E-state index in [2.05, 4.69) is 0 Å². The Hall–Kier alpha value is -1.23. The van der Waals surface area contributed by atoms with Crippen molar-refractivity contribution in [3.63, 3.8) is 0 Å². The summed E-state index contributed by atoms with van der Waals surface area (Å²) in [5.41, 5.74) is 0.207. The topological polar surface area (TPSA) is 46.5 Å². The average molecular weight is 228 g/mol. The zero-order chi connectivity index (χ0) is 11.4. The van der Waals surface area contributed by atoms with E-state index in [0.29, 0.717) is 0 Å². The number of aliphatic carboxylic acids is 1. The fourth-order valence-corrected chi connectivity index (χ4v) is 2.77. The summed E-state index contributed by atoms with van der Waals surface area (Å²) in [4.78, 5) is 10.9. The molecule has 0 bridgehead atoms. The van der Waals surface area contributed by atoms with E-state index < -0.39 is 30.0 Å². The van der Waals surface area contributed by atoms with Crippen LogP contribution in [0.15, 0.2) is 23.6 Å². The first-order chi connectivity index (χ1) is 7.61. The third-order valence-electron chi connectivity index (χ3n) is 3.58. The van der Waals surface area contributed by atoms with Crippen LogP contribution in [0.25, 0.3) is 0 Å². The van der Waals surface area contributed by atoms with Crippen LogP contribution in [0.2, 0.25) is 0 Å². The van der Waals surface area contributed by atoms with Crippen molar-refractivity contribution >= 4 is 5.97 Å². The van der Waals surface area contributed by atoms with Gasteiger partial charge in [0.15, 0.2) is 0 Å². The molecule has 5 atom stereocenters. The predicted molar refractivity (Wildman–Crippen MR) is 50.0 cm³/mol. The molecule has 0 aromatic rings. The molecule has 1 N–H and O–H groups in total. The van der Waals surface area contributed by atoms with Crippen LogP contribution in [0.3, 0.4) is 0 Å². The van der Waals surface area contributed by atoms with E-state index in [1.54, 1.807) is 0 Å². The molecule has 0 radical (unpaired) electrons. The van der Waals surface area contributed by atoms with Crippen molar-refractivity contribution in [2.45, 2.75) is 12.3 Å². The van der Waals surface area contributed by atoms with Crippen LogP contribution in [-0.4, -0.2) is 30.0 Å². The van der Waals surface area contributed by atoms with Crippen molar-refractivity contribution in [3.8, 4) is 0 Å². The molecule has 5 heteroatoms. The second kappa shape index (κ2) is 3.13. The van der Waals surface area contributed by atoms with E-state index in [1.165, 1.54) is 0 Å². The summed E-state index contributed by atoms with van der Waals surface area (Å²) in [6, 6.07) is 0. The molecule has 2 unspecified atom stereocenters. The van der Waals surface area contributed by atoms with Crippen molar-refractivity contribution in [2.24, 2.45) is 17.8 Å². The number of allylic oxidation sites excluding steroid dienone is 2. The smallest absolute Gasteiger partial charge is 0.307 e. The molecular formula is C11H10F2O3. The number of fused-ring (bicyclic) bond motifs is 3. The highest BCUT2D eigenvalue weighted by molar-refractivity contribution is 5.76. The predicted octanol–water partition coefficient (Wildman–Crippen LogP) is 1.46. The number of halogens is 2. The van der Waals surface area contributed by atoms with E-state index in [4.69, 9.17) is 9.84 Å². The molecule has 0 aromatic heterocycles. The van der Waals surface area contributed by atoms with Gasteiger partial charge in [0.2, 0.25) is 0 Å². The van der Waals surface area contributed by atoms with Crippen molar-refractivity contribution in [2.75, 3.05) is 6.61 Å². The largest absolute Gasteiger partial charge is 0.481 e. The van der Waals surface area contributed by atoms with Crippen LogP contribution in [0, 0.1) is 17.8 Å². The Morgan fingerprint density at radius 2 is 2.31 bits per heavy atom. The van der Waals surface area contributed by atoms with Gasteiger partial charge in [-0.05, 0) is 12.2 Å². The van der Waals surface area contributed by atoms with Crippen molar-refractivity contribution in [1.82, 2.24) is 0 Å². The Morgan fingerprint density at radius 1 is 1.56 bits per heavy atom. The zero-order valence-electron chi connectivity index (χ0n) is 8.27. The van der Waals surface area contributed by atoms with Gasteiger partial charge in [0, 0.05) is 17.4 Å². The van der Waals surface area contributed by atoms with Gasteiger partial charge >= 0.3 is 5.97 Å².